The van der Waals surface area contributed by atoms with Crippen LogP contribution in [0.2, 0.25) is 0 Å². The summed E-state index contributed by atoms with van der Waals surface area (Å²) in [7, 11) is 3.75. The van der Waals surface area contributed by atoms with Crippen molar-refractivity contribution in [3.05, 3.63) is 0 Å². The maximum Gasteiger partial charge on any atom is 0.116 e. The SMILES string of the molecule is CC=O.CCCN1CCOCC1.CNC.[HH]. The van der Waals surface area contributed by atoms with Crippen molar-refractivity contribution >= 4 is 6.29 Å². The Bertz CT molecular complexity index is 118. The summed E-state index contributed by atoms with van der Waals surface area (Å²) in [6, 6.07) is 0. The number of carbonyl (C=O) groups excluding carboxylic acids is 1. The van der Waals surface area contributed by atoms with Crippen molar-refractivity contribution in [2.24, 2.45) is 0 Å². The minimum absolute atomic E-state index is 0. The van der Waals surface area contributed by atoms with Crippen molar-refractivity contribution in [1.82, 2.24) is 10.2 Å². The molecule has 0 saturated carbocycles. The summed E-state index contributed by atoms with van der Waals surface area (Å²) >= 11 is 0. The Morgan fingerprint density at radius 1 is 1.40 bits per heavy atom. The van der Waals surface area contributed by atoms with E-state index in [2.05, 4.69) is 17.1 Å². The Labute approximate surface area is 95.5 Å². The summed E-state index contributed by atoms with van der Waals surface area (Å²) in [5.41, 5.74) is 0. The molecule has 0 atom stereocenters. The molecule has 1 heterocycles. The fourth-order valence-corrected chi connectivity index (χ4v) is 1.14. The molecule has 0 aromatic heterocycles. The summed E-state index contributed by atoms with van der Waals surface area (Å²) in [5.74, 6) is 0. The Morgan fingerprint density at radius 2 is 1.80 bits per heavy atom. The van der Waals surface area contributed by atoms with E-state index in [0.29, 0.717) is 0 Å². The molecule has 0 bridgehead atoms. The second-order valence-corrected chi connectivity index (χ2v) is 3.19. The summed E-state index contributed by atoms with van der Waals surface area (Å²) in [6.07, 6.45) is 2.01. The maximum atomic E-state index is 8.81. The molecule has 1 rings (SSSR count). The zero-order chi connectivity index (χ0) is 11.9. The Kier molecular flexibility index (Phi) is 18.1. The van der Waals surface area contributed by atoms with Gasteiger partial charge in [0.25, 0.3) is 0 Å². The molecule has 4 heteroatoms. The number of nitrogens with zero attached hydrogens (tertiary/aromatic N) is 1. The molecule has 15 heavy (non-hydrogen) atoms. The summed E-state index contributed by atoms with van der Waals surface area (Å²) in [5, 5.41) is 2.75. The molecule has 1 saturated heterocycles. The van der Waals surface area contributed by atoms with Crippen molar-refractivity contribution in [2.75, 3.05) is 46.9 Å². The first-order chi connectivity index (χ1) is 7.26. The highest BCUT2D eigenvalue weighted by Gasteiger charge is 2.07. The number of ether oxygens (including phenoxy) is 1. The average Bonchev–Trinajstić information content (AvgIpc) is 2.22. The third-order valence-corrected chi connectivity index (χ3v) is 1.64. The van der Waals surface area contributed by atoms with Crippen LogP contribution in [-0.2, 0) is 9.53 Å². The number of hydrogen-bond acceptors (Lipinski definition) is 4. The van der Waals surface area contributed by atoms with Gasteiger partial charge in [-0.25, -0.2) is 0 Å². The van der Waals surface area contributed by atoms with Crippen LogP contribution in [0.1, 0.15) is 21.7 Å². The number of nitrogens with one attached hydrogen (secondary N) is 1. The van der Waals surface area contributed by atoms with Crippen molar-refractivity contribution in [2.45, 2.75) is 20.3 Å². The van der Waals surface area contributed by atoms with E-state index < -0.39 is 0 Å². The fraction of sp³-hybridized carbons (Fsp3) is 0.909. The van der Waals surface area contributed by atoms with E-state index in [1.807, 2.05) is 14.1 Å². The molecule has 0 spiro atoms. The van der Waals surface area contributed by atoms with E-state index in [9.17, 15) is 0 Å². The molecule has 1 fully saturated rings. The van der Waals surface area contributed by atoms with Crippen molar-refractivity contribution in [3.63, 3.8) is 0 Å². The molecule has 0 aromatic rings. The maximum absolute atomic E-state index is 8.81. The van der Waals surface area contributed by atoms with Gasteiger partial charge in [0.1, 0.15) is 6.29 Å². The van der Waals surface area contributed by atoms with Gasteiger partial charge in [-0.2, -0.15) is 0 Å². The lowest BCUT2D eigenvalue weighted by Crippen LogP contribution is -2.36. The van der Waals surface area contributed by atoms with Gasteiger partial charge in [0.2, 0.25) is 0 Å². The molecule has 1 aliphatic heterocycles. The first-order valence-electron chi connectivity index (χ1n) is 5.55. The quantitative estimate of drug-likeness (QED) is 0.705. The molecule has 0 aromatic carbocycles. The molecule has 0 amide bonds. The highest BCUT2D eigenvalue weighted by molar-refractivity contribution is 5.44. The number of morpholine rings is 1. The van der Waals surface area contributed by atoms with Crippen LogP contribution in [0.25, 0.3) is 0 Å². The number of rotatable bonds is 2. The Morgan fingerprint density at radius 3 is 2.13 bits per heavy atom. The average molecular weight is 220 g/mol. The minimum atomic E-state index is 0. The van der Waals surface area contributed by atoms with Crippen LogP contribution >= 0.6 is 0 Å². The second-order valence-electron chi connectivity index (χ2n) is 3.19. The van der Waals surface area contributed by atoms with E-state index in [-0.39, 0.29) is 1.43 Å². The van der Waals surface area contributed by atoms with Crippen LogP contribution in [0.5, 0.6) is 0 Å². The summed E-state index contributed by atoms with van der Waals surface area (Å²) < 4.78 is 5.20. The van der Waals surface area contributed by atoms with Gasteiger partial charge in [-0.3, -0.25) is 4.90 Å². The minimum Gasteiger partial charge on any atom is -0.379 e. The van der Waals surface area contributed by atoms with E-state index in [4.69, 9.17) is 9.53 Å². The van der Waals surface area contributed by atoms with Gasteiger partial charge in [0.15, 0.2) is 0 Å². The van der Waals surface area contributed by atoms with Gasteiger partial charge in [0.05, 0.1) is 13.2 Å². The monoisotopic (exact) mass is 220 g/mol. The van der Waals surface area contributed by atoms with E-state index >= 15 is 0 Å². The van der Waals surface area contributed by atoms with Crippen LogP contribution < -0.4 is 5.32 Å². The molecular weight excluding hydrogens is 192 g/mol. The first kappa shape index (κ1) is 17.0. The Balaban J connectivity index is -0.000000207. The molecule has 0 aliphatic carbocycles. The smallest absolute Gasteiger partial charge is 0.116 e. The number of aldehydes is 1. The summed E-state index contributed by atoms with van der Waals surface area (Å²) in [6.45, 7) is 9.03. The number of carbonyl (C=O) groups is 1. The van der Waals surface area contributed by atoms with Crippen LogP contribution in [0.4, 0.5) is 0 Å². The van der Waals surface area contributed by atoms with Crippen LogP contribution in [0, 0.1) is 0 Å². The van der Waals surface area contributed by atoms with Gasteiger partial charge in [0, 0.05) is 14.5 Å². The largest absolute Gasteiger partial charge is 0.379 e. The number of hydrogen-bond donors (Lipinski definition) is 1. The predicted molar refractivity (Wildman–Crippen MR) is 66.4 cm³/mol. The summed E-state index contributed by atoms with van der Waals surface area (Å²) in [4.78, 5) is 11.3. The van der Waals surface area contributed by atoms with Gasteiger partial charge in [-0.05, 0) is 34.0 Å². The lowest BCUT2D eigenvalue weighted by atomic mass is 10.4. The van der Waals surface area contributed by atoms with Crippen molar-refractivity contribution in [3.8, 4) is 0 Å². The fourth-order valence-electron chi connectivity index (χ4n) is 1.14. The van der Waals surface area contributed by atoms with Gasteiger partial charge >= 0.3 is 0 Å². The normalized spacial score (nSPS) is 15.5. The predicted octanol–water partition coefficient (Wildman–Crippen LogP) is 1.02. The van der Waals surface area contributed by atoms with Crippen molar-refractivity contribution in [1.29, 1.82) is 0 Å². The van der Waals surface area contributed by atoms with E-state index in [1.165, 1.54) is 19.9 Å². The van der Waals surface area contributed by atoms with Gasteiger partial charge < -0.3 is 14.8 Å². The van der Waals surface area contributed by atoms with Crippen LogP contribution in [0.3, 0.4) is 0 Å². The zero-order valence-electron chi connectivity index (χ0n) is 10.6. The van der Waals surface area contributed by atoms with Crippen LogP contribution in [-0.4, -0.2) is 58.1 Å². The van der Waals surface area contributed by atoms with Crippen molar-refractivity contribution < 1.29 is 11.0 Å². The topological polar surface area (TPSA) is 41.6 Å². The molecule has 0 radical (unpaired) electrons. The lowest BCUT2D eigenvalue weighted by Gasteiger charge is -2.25. The molecule has 4 nitrogen and oxygen atoms in total. The second kappa shape index (κ2) is 16.0. The van der Waals surface area contributed by atoms with Gasteiger partial charge in [-0.1, -0.05) is 6.92 Å². The zero-order valence-corrected chi connectivity index (χ0v) is 10.6. The highest BCUT2D eigenvalue weighted by Crippen LogP contribution is 1.96. The molecule has 0 unspecified atom stereocenters. The van der Waals surface area contributed by atoms with Gasteiger partial charge in [-0.15, -0.1) is 0 Å². The van der Waals surface area contributed by atoms with E-state index in [0.717, 1.165) is 32.6 Å². The lowest BCUT2D eigenvalue weighted by molar-refractivity contribution is -0.106. The first-order valence-corrected chi connectivity index (χ1v) is 5.55. The van der Waals surface area contributed by atoms with Crippen LogP contribution in [0.15, 0.2) is 0 Å². The molecular formula is C11H28N2O2. The third kappa shape index (κ3) is 16.2. The standard InChI is InChI=1S/C7H15NO.C2H7N.C2H4O.H2/c1-2-3-8-4-6-9-7-5-8;1-3-2;1-2-3;/h2-7H2,1H3;3H,1-2H3;2H,1H3;1H. The third-order valence-electron chi connectivity index (χ3n) is 1.64. The van der Waals surface area contributed by atoms with E-state index in [1.54, 1.807) is 0 Å². The molecule has 94 valence electrons. The molecule has 1 aliphatic rings. The highest BCUT2D eigenvalue weighted by atomic mass is 16.5. The molecule has 1 N–H and O–H groups in total. The Hall–Kier alpha value is -0.450.